The average Bonchev–Trinajstić information content (AvgIpc) is 2.89. The molecule has 0 bridgehead atoms. The normalized spacial score (nSPS) is 29.0. The van der Waals surface area contributed by atoms with Gasteiger partial charge in [0.2, 0.25) is 5.91 Å². The van der Waals surface area contributed by atoms with Crippen LogP contribution in [0.5, 0.6) is 0 Å². The maximum atomic E-state index is 11.7. The van der Waals surface area contributed by atoms with Gasteiger partial charge in [-0.3, -0.25) is 9.69 Å². The summed E-state index contributed by atoms with van der Waals surface area (Å²) in [5.74, 6) is 0.0204. The first-order chi connectivity index (χ1) is 6.24. The minimum absolute atomic E-state index is 0.00157. The van der Waals surface area contributed by atoms with Gasteiger partial charge in [-0.2, -0.15) is 0 Å². The van der Waals surface area contributed by atoms with Gasteiger partial charge in [0.05, 0.1) is 5.92 Å². The fourth-order valence-electron chi connectivity index (χ4n) is 1.68. The lowest BCUT2D eigenvalue weighted by atomic mass is 10.0. The summed E-state index contributed by atoms with van der Waals surface area (Å²) in [5.41, 5.74) is 0. The minimum atomic E-state index is -0.197. The van der Waals surface area contributed by atoms with Gasteiger partial charge in [0.25, 0.3) is 0 Å². The van der Waals surface area contributed by atoms with Crippen LogP contribution in [-0.4, -0.2) is 29.4 Å². The van der Waals surface area contributed by atoms with E-state index in [0.717, 1.165) is 19.3 Å². The highest BCUT2D eigenvalue weighted by molar-refractivity contribution is 5.98. The van der Waals surface area contributed by atoms with E-state index in [1.165, 1.54) is 4.90 Å². The van der Waals surface area contributed by atoms with Gasteiger partial charge in [-0.25, -0.2) is 4.79 Å². The van der Waals surface area contributed by atoms with E-state index < -0.39 is 0 Å². The van der Waals surface area contributed by atoms with Crippen LogP contribution in [-0.2, 0) is 4.79 Å². The second-order valence-corrected chi connectivity index (χ2v) is 3.73. The van der Waals surface area contributed by atoms with Crippen LogP contribution in [0.3, 0.4) is 0 Å². The zero-order valence-corrected chi connectivity index (χ0v) is 7.75. The van der Waals surface area contributed by atoms with E-state index in [1.54, 1.807) is 0 Å². The maximum absolute atomic E-state index is 11.7. The first-order valence-electron chi connectivity index (χ1n) is 4.85. The topological polar surface area (TPSA) is 49.4 Å². The molecule has 1 aliphatic carbocycles. The number of amides is 3. The van der Waals surface area contributed by atoms with Gasteiger partial charge in [0, 0.05) is 12.6 Å². The second kappa shape index (κ2) is 3.01. The number of nitrogens with one attached hydrogen (secondary N) is 1. The van der Waals surface area contributed by atoms with Crippen LogP contribution in [0, 0.1) is 5.92 Å². The number of nitrogens with zero attached hydrogens (tertiary/aromatic N) is 1. The third-order valence-electron chi connectivity index (χ3n) is 2.71. The standard InChI is InChI=1S/C9H14N2O2/c1-2-6-5-10-9(13)11(8(6)12)7-3-4-7/h6-7H,2-5H2,1H3,(H,10,13). The number of hydrogen-bond donors (Lipinski definition) is 1. The molecule has 1 N–H and O–H groups in total. The fraction of sp³-hybridized carbons (Fsp3) is 0.778. The van der Waals surface area contributed by atoms with E-state index in [4.69, 9.17) is 0 Å². The largest absolute Gasteiger partial charge is 0.337 e. The van der Waals surface area contributed by atoms with Crippen LogP contribution in [0.1, 0.15) is 26.2 Å². The zero-order chi connectivity index (χ0) is 9.42. The van der Waals surface area contributed by atoms with E-state index in [9.17, 15) is 9.59 Å². The van der Waals surface area contributed by atoms with Crippen molar-refractivity contribution in [3.8, 4) is 0 Å². The number of carbonyl (C=O) groups is 2. The first-order valence-corrected chi connectivity index (χ1v) is 4.85. The van der Waals surface area contributed by atoms with Crippen molar-refractivity contribution >= 4 is 11.9 Å². The summed E-state index contributed by atoms with van der Waals surface area (Å²) < 4.78 is 0. The molecule has 1 saturated carbocycles. The van der Waals surface area contributed by atoms with Gasteiger partial charge in [-0.05, 0) is 19.3 Å². The molecule has 0 aromatic carbocycles. The fourth-order valence-corrected chi connectivity index (χ4v) is 1.68. The van der Waals surface area contributed by atoms with E-state index in [1.807, 2.05) is 6.92 Å². The van der Waals surface area contributed by atoms with E-state index in [0.29, 0.717) is 6.54 Å². The lowest BCUT2D eigenvalue weighted by molar-refractivity contribution is -0.134. The summed E-state index contributed by atoms with van der Waals surface area (Å²) in [6, 6.07) is -0.000880. The molecule has 1 atom stereocenters. The molecular weight excluding hydrogens is 168 g/mol. The van der Waals surface area contributed by atoms with Crippen molar-refractivity contribution < 1.29 is 9.59 Å². The summed E-state index contributed by atoms with van der Waals surface area (Å²) in [6.45, 7) is 2.49. The van der Waals surface area contributed by atoms with Crippen molar-refractivity contribution in [1.82, 2.24) is 10.2 Å². The van der Waals surface area contributed by atoms with Crippen LogP contribution >= 0.6 is 0 Å². The Morgan fingerprint density at radius 2 is 2.15 bits per heavy atom. The number of urea groups is 1. The highest BCUT2D eigenvalue weighted by atomic mass is 16.2. The molecule has 2 fully saturated rings. The molecule has 13 heavy (non-hydrogen) atoms. The third-order valence-corrected chi connectivity index (χ3v) is 2.71. The van der Waals surface area contributed by atoms with Gasteiger partial charge in [-0.15, -0.1) is 0 Å². The van der Waals surface area contributed by atoms with Gasteiger partial charge in [0.15, 0.2) is 0 Å². The van der Waals surface area contributed by atoms with Gasteiger partial charge in [-0.1, -0.05) is 6.92 Å². The summed E-state index contributed by atoms with van der Waals surface area (Å²) in [7, 11) is 0. The Kier molecular flexibility index (Phi) is 1.98. The summed E-state index contributed by atoms with van der Waals surface area (Å²) >= 11 is 0. The molecular formula is C9H14N2O2. The molecule has 2 aliphatic rings. The molecule has 1 saturated heterocycles. The highest BCUT2D eigenvalue weighted by Crippen LogP contribution is 2.29. The molecule has 0 radical (unpaired) electrons. The maximum Gasteiger partial charge on any atom is 0.324 e. The molecule has 4 nitrogen and oxygen atoms in total. The highest BCUT2D eigenvalue weighted by Gasteiger charge is 2.42. The molecule has 0 aromatic heterocycles. The molecule has 0 spiro atoms. The van der Waals surface area contributed by atoms with Crippen LogP contribution < -0.4 is 5.32 Å². The number of hydrogen-bond acceptors (Lipinski definition) is 2. The third kappa shape index (κ3) is 1.41. The summed E-state index contributed by atoms with van der Waals surface area (Å²) in [4.78, 5) is 24.5. The minimum Gasteiger partial charge on any atom is -0.337 e. The lowest BCUT2D eigenvalue weighted by Gasteiger charge is -2.30. The molecule has 72 valence electrons. The van der Waals surface area contributed by atoms with Crippen molar-refractivity contribution in [2.75, 3.05) is 6.54 Å². The van der Waals surface area contributed by atoms with Crippen molar-refractivity contribution in [1.29, 1.82) is 0 Å². The van der Waals surface area contributed by atoms with Crippen molar-refractivity contribution in [3.63, 3.8) is 0 Å². The first kappa shape index (κ1) is 8.53. The predicted molar refractivity (Wildman–Crippen MR) is 47.0 cm³/mol. The van der Waals surface area contributed by atoms with Crippen molar-refractivity contribution in [2.24, 2.45) is 5.92 Å². The Morgan fingerprint density at radius 3 is 2.69 bits per heavy atom. The Labute approximate surface area is 77.3 Å². The molecule has 3 amide bonds. The summed E-state index contributed by atoms with van der Waals surface area (Å²) in [6.07, 6.45) is 2.77. The Morgan fingerprint density at radius 1 is 1.46 bits per heavy atom. The lowest BCUT2D eigenvalue weighted by Crippen LogP contribution is -2.55. The number of rotatable bonds is 2. The molecule has 1 aliphatic heterocycles. The predicted octanol–water partition coefficient (Wildman–Crippen LogP) is 0.727. The van der Waals surface area contributed by atoms with Crippen molar-refractivity contribution in [3.05, 3.63) is 0 Å². The molecule has 4 heteroatoms. The number of carbonyl (C=O) groups excluding carboxylic acids is 2. The smallest absolute Gasteiger partial charge is 0.324 e. The van der Waals surface area contributed by atoms with Crippen LogP contribution in [0.4, 0.5) is 4.79 Å². The van der Waals surface area contributed by atoms with E-state index >= 15 is 0 Å². The van der Waals surface area contributed by atoms with Gasteiger partial charge >= 0.3 is 6.03 Å². The molecule has 0 aromatic rings. The summed E-state index contributed by atoms with van der Waals surface area (Å²) in [5, 5.41) is 2.75. The average molecular weight is 182 g/mol. The van der Waals surface area contributed by atoms with Crippen molar-refractivity contribution in [2.45, 2.75) is 32.2 Å². The quantitative estimate of drug-likeness (QED) is 0.684. The van der Waals surface area contributed by atoms with E-state index in [-0.39, 0.29) is 23.9 Å². The zero-order valence-electron chi connectivity index (χ0n) is 7.75. The monoisotopic (exact) mass is 182 g/mol. The molecule has 1 unspecified atom stereocenters. The van der Waals surface area contributed by atoms with Crippen LogP contribution in [0.2, 0.25) is 0 Å². The van der Waals surface area contributed by atoms with Crippen LogP contribution in [0.25, 0.3) is 0 Å². The Hall–Kier alpha value is -1.06. The van der Waals surface area contributed by atoms with Gasteiger partial charge < -0.3 is 5.32 Å². The second-order valence-electron chi connectivity index (χ2n) is 3.73. The van der Waals surface area contributed by atoms with Gasteiger partial charge in [0.1, 0.15) is 0 Å². The Balaban J connectivity index is 2.11. The SMILES string of the molecule is CCC1CNC(=O)N(C2CC2)C1=O. The van der Waals surface area contributed by atoms with E-state index in [2.05, 4.69) is 5.32 Å². The molecule has 2 rings (SSSR count). The Bertz CT molecular complexity index is 248. The molecule has 1 heterocycles. The van der Waals surface area contributed by atoms with Crippen LogP contribution in [0.15, 0.2) is 0 Å². The number of imide groups is 1.